The summed E-state index contributed by atoms with van der Waals surface area (Å²) >= 11 is 0. The summed E-state index contributed by atoms with van der Waals surface area (Å²) in [6.07, 6.45) is 5.30. The first-order chi connectivity index (χ1) is 12.8. The van der Waals surface area contributed by atoms with Crippen molar-refractivity contribution >= 4 is 21.7 Å². The fourth-order valence-electron chi connectivity index (χ4n) is 3.25. The number of carbonyl (C=O) groups excluding carboxylic acids is 1. The number of hydrogen-bond donors (Lipinski definition) is 0. The molecule has 1 aliphatic heterocycles. The molecule has 1 fully saturated rings. The van der Waals surface area contributed by atoms with Crippen LogP contribution in [-0.4, -0.2) is 57.4 Å². The van der Waals surface area contributed by atoms with Crippen molar-refractivity contribution in [2.75, 3.05) is 17.7 Å². The van der Waals surface area contributed by atoms with Crippen LogP contribution in [0.25, 0.3) is 0 Å². The van der Waals surface area contributed by atoms with E-state index in [-0.39, 0.29) is 18.3 Å². The number of sulfonamides is 1. The van der Waals surface area contributed by atoms with Crippen LogP contribution in [0.2, 0.25) is 0 Å². The summed E-state index contributed by atoms with van der Waals surface area (Å²) in [5.74, 6) is 1.09. The molecular weight excluding hydrogens is 372 g/mol. The molecule has 1 aliphatic rings. The zero-order valence-corrected chi connectivity index (χ0v) is 16.5. The highest BCUT2D eigenvalue weighted by atomic mass is 32.2. The van der Waals surface area contributed by atoms with E-state index in [1.54, 1.807) is 28.9 Å². The molecule has 0 aromatic carbocycles. The molecule has 0 spiro atoms. The fraction of sp³-hybridized carbons (Fsp3) is 0.625. The monoisotopic (exact) mass is 396 g/mol. The molecule has 0 bridgehead atoms. The first-order valence-corrected chi connectivity index (χ1v) is 10.7. The van der Waals surface area contributed by atoms with Crippen molar-refractivity contribution < 1.29 is 17.7 Å². The van der Waals surface area contributed by atoms with Gasteiger partial charge in [0, 0.05) is 26.1 Å². The second-order valence-electron chi connectivity index (χ2n) is 6.62. The highest BCUT2D eigenvalue weighted by Crippen LogP contribution is 2.25. The van der Waals surface area contributed by atoms with Gasteiger partial charge < -0.3 is 4.52 Å². The van der Waals surface area contributed by atoms with E-state index in [1.165, 1.54) is 4.31 Å². The van der Waals surface area contributed by atoms with Crippen molar-refractivity contribution in [1.29, 1.82) is 0 Å². The molecule has 11 heteroatoms. The lowest BCUT2D eigenvalue weighted by molar-refractivity contribution is -0.123. The molecule has 2 aromatic rings. The highest BCUT2D eigenvalue weighted by molar-refractivity contribution is 7.88. The van der Waals surface area contributed by atoms with Crippen LogP contribution >= 0.6 is 0 Å². The van der Waals surface area contributed by atoms with Crippen molar-refractivity contribution in [3.8, 4) is 0 Å². The van der Waals surface area contributed by atoms with Crippen molar-refractivity contribution in [3.05, 3.63) is 24.0 Å². The van der Waals surface area contributed by atoms with Crippen molar-refractivity contribution in [2.24, 2.45) is 7.05 Å². The molecule has 1 atom stereocenters. The van der Waals surface area contributed by atoms with Gasteiger partial charge in [0.15, 0.2) is 5.82 Å². The van der Waals surface area contributed by atoms with Crippen LogP contribution in [0.15, 0.2) is 16.8 Å². The lowest BCUT2D eigenvalue weighted by Gasteiger charge is -2.36. The van der Waals surface area contributed by atoms with Crippen LogP contribution < -0.4 is 4.90 Å². The Morgan fingerprint density at radius 2 is 2.19 bits per heavy atom. The van der Waals surface area contributed by atoms with Crippen LogP contribution in [0, 0.1) is 0 Å². The first-order valence-electron chi connectivity index (χ1n) is 8.89. The number of piperidine rings is 1. The van der Waals surface area contributed by atoms with E-state index in [2.05, 4.69) is 15.2 Å². The zero-order valence-electron chi connectivity index (χ0n) is 15.7. The van der Waals surface area contributed by atoms with E-state index in [0.29, 0.717) is 37.5 Å². The highest BCUT2D eigenvalue weighted by Gasteiger charge is 2.39. The maximum absolute atomic E-state index is 13.1. The van der Waals surface area contributed by atoms with Gasteiger partial charge in [-0.25, -0.2) is 8.42 Å². The molecule has 0 aliphatic carbocycles. The quantitative estimate of drug-likeness (QED) is 0.677. The minimum atomic E-state index is -3.66. The molecule has 10 nitrogen and oxygen atoms in total. The normalized spacial score (nSPS) is 18.4. The zero-order chi connectivity index (χ0) is 19.6. The predicted molar refractivity (Wildman–Crippen MR) is 97.3 cm³/mol. The average Bonchev–Trinajstić information content (AvgIpc) is 3.22. The van der Waals surface area contributed by atoms with Crippen molar-refractivity contribution in [2.45, 2.75) is 45.2 Å². The van der Waals surface area contributed by atoms with Crippen LogP contribution in [0.4, 0.5) is 5.82 Å². The van der Waals surface area contributed by atoms with Gasteiger partial charge in [-0.3, -0.25) is 14.4 Å². The number of aromatic nitrogens is 4. The van der Waals surface area contributed by atoms with Gasteiger partial charge in [0.2, 0.25) is 21.8 Å². The third-order valence-electron chi connectivity index (χ3n) is 4.53. The third-order valence-corrected chi connectivity index (χ3v) is 5.76. The number of rotatable bonds is 7. The maximum Gasteiger partial charge on any atom is 0.246 e. The predicted octanol–water partition coefficient (Wildman–Crippen LogP) is 0.713. The van der Waals surface area contributed by atoms with E-state index < -0.39 is 16.1 Å². The molecule has 148 valence electrons. The third kappa shape index (κ3) is 4.19. The number of aryl methyl sites for hydroxylation is 2. The van der Waals surface area contributed by atoms with Gasteiger partial charge in [-0.1, -0.05) is 12.1 Å². The van der Waals surface area contributed by atoms with E-state index >= 15 is 0 Å². The van der Waals surface area contributed by atoms with E-state index in [0.717, 1.165) is 12.7 Å². The van der Waals surface area contributed by atoms with Gasteiger partial charge in [-0.2, -0.15) is 14.4 Å². The number of amides is 1. The number of carbonyl (C=O) groups is 1. The Labute approximate surface area is 158 Å². The van der Waals surface area contributed by atoms with Gasteiger partial charge in [0.25, 0.3) is 0 Å². The Balaban J connectivity index is 1.85. The number of hydrogen-bond acceptors (Lipinski definition) is 7. The molecule has 0 radical (unpaired) electrons. The summed E-state index contributed by atoms with van der Waals surface area (Å²) in [7, 11) is -1.91. The second kappa shape index (κ2) is 7.77. The van der Waals surface area contributed by atoms with Crippen LogP contribution in [0.1, 0.15) is 37.9 Å². The Hall–Kier alpha value is -2.27. The Bertz CT molecular complexity index is 906. The molecule has 3 rings (SSSR count). The minimum Gasteiger partial charge on any atom is -0.339 e. The van der Waals surface area contributed by atoms with E-state index in [1.807, 2.05) is 6.92 Å². The lowest BCUT2D eigenvalue weighted by atomic mass is 10.0. The summed E-state index contributed by atoms with van der Waals surface area (Å²) in [6, 6.07) is 0.929. The van der Waals surface area contributed by atoms with Crippen LogP contribution in [0.5, 0.6) is 0 Å². The summed E-state index contributed by atoms with van der Waals surface area (Å²) in [4.78, 5) is 18.9. The number of nitrogens with zero attached hydrogens (tertiary/aromatic N) is 6. The van der Waals surface area contributed by atoms with Crippen LogP contribution in [0.3, 0.4) is 0 Å². The van der Waals surface area contributed by atoms with Gasteiger partial charge in [-0.15, -0.1) is 0 Å². The second-order valence-corrected chi connectivity index (χ2v) is 8.56. The van der Waals surface area contributed by atoms with Gasteiger partial charge in [-0.05, 0) is 19.3 Å². The largest absolute Gasteiger partial charge is 0.339 e. The summed E-state index contributed by atoms with van der Waals surface area (Å²) in [6.45, 7) is 2.41. The van der Waals surface area contributed by atoms with Crippen molar-refractivity contribution in [3.63, 3.8) is 0 Å². The van der Waals surface area contributed by atoms with E-state index in [4.69, 9.17) is 4.52 Å². The fourth-order valence-corrected chi connectivity index (χ4v) is 4.26. The lowest BCUT2D eigenvalue weighted by Crippen LogP contribution is -2.54. The summed E-state index contributed by atoms with van der Waals surface area (Å²) in [5, 5.41) is 7.95. The SMILES string of the molecule is CCCc1nc(CN(C2CCCN(c3ccnn3C)C2=O)S(C)(=O)=O)no1. The smallest absolute Gasteiger partial charge is 0.246 e. The molecular formula is C16H24N6O4S. The van der Waals surface area contributed by atoms with Gasteiger partial charge >= 0.3 is 0 Å². The molecule has 1 saturated heterocycles. The maximum atomic E-state index is 13.1. The van der Waals surface area contributed by atoms with Crippen LogP contribution in [-0.2, 0) is 34.8 Å². The molecule has 0 N–H and O–H groups in total. The standard InChI is InChI=1S/C16H24N6O4S/c1-4-6-14-18-13(19-26-14)11-22(27(3,24)25)12-7-5-10-21(16(12)23)15-8-9-17-20(15)2/h8-9,12H,4-7,10-11H2,1-3H3. The average molecular weight is 396 g/mol. The molecule has 0 saturated carbocycles. The van der Waals surface area contributed by atoms with Gasteiger partial charge in [0.1, 0.15) is 11.9 Å². The Kier molecular flexibility index (Phi) is 5.61. The Morgan fingerprint density at radius 3 is 2.81 bits per heavy atom. The topological polar surface area (TPSA) is 114 Å². The molecule has 27 heavy (non-hydrogen) atoms. The summed E-state index contributed by atoms with van der Waals surface area (Å²) < 4.78 is 32.8. The molecule has 2 aromatic heterocycles. The molecule has 1 amide bonds. The first kappa shape index (κ1) is 19.5. The molecule has 3 heterocycles. The van der Waals surface area contributed by atoms with Gasteiger partial charge in [0.05, 0.1) is 19.0 Å². The molecule has 1 unspecified atom stereocenters. The van der Waals surface area contributed by atoms with E-state index in [9.17, 15) is 13.2 Å². The Morgan fingerprint density at radius 1 is 1.41 bits per heavy atom. The van der Waals surface area contributed by atoms with Crippen molar-refractivity contribution in [1.82, 2.24) is 24.2 Å². The minimum absolute atomic E-state index is 0.0956. The summed E-state index contributed by atoms with van der Waals surface area (Å²) in [5.41, 5.74) is 0. The number of anilines is 1.